The SMILES string of the molecule is CNCCC(C)(O)c1c(C)cc(C)cc1F. The van der Waals surface area contributed by atoms with Gasteiger partial charge in [-0.3, -0.25) is 0 Å². The molecule has 0 aromatic heterocycles. The van der Waals surface area contributed by atoms with Gasteiger partial charge in [0.1, 0.15) is 5.82 Å². The molecule has 1 rings (SSSR count). The van der Waals surface area contributed by atoms with Crippen LogP contribution in [0.15, 0.2) is 12.1 Å². The molecule has 0 aliphatic rings. The summed E-state index contributed by atoms with van der Waals surface area (Å²) in [4.78, 5) is 0. The summed E-state index contributed by atoms with van der Waals surface area (Å²) in [6.45, 7) is 5.99. The minimum Gasteiger partial charge on any atom is -0.385 e. The van der Waals surface area contributed by atoms with E-state index >= 15 is 0 Å². The van der Waals surface area contributed by atoms with Crippen LogP contribution in [-0.4, -0.2) is 18.7 Å². The van der Waals surface area contributed by atoms with Gasteiger partial charge in [-0.05, 0) is 58.0 Å². The van der Waals surface area contributed by atoms with Gasteiger partial charge in [0.2, 0.25) is 0 Å². The Labute approximate surface area is 96.5 Å². The van der Waals surface area contributed by atoms with Crippen molar-refractivity contribution in [2.45, 2.75) is 32.8 Å². The zero-order chi connectivity index (χ0) is 12.3. The largest absolute Gasteiger partial charge is 0.385 e. The van der Waals surface area contributed by atoms with Crippen LogP contribution in [0.25, 0.3) is 0 Å². The molecule has 0 amide bonds. The Morgan fingerprint density at radius 3 is 2.50 bits per heavy atom. The van der Waals surface area contributed by atoms with Crippen LogP contribution in [-0.2, 0) is 5.60 Å². The fourth-order valence-electron chi connectivity index (χ4n) is 2.09. The lowest BCUT2D eigenvalue weighted by Crippen LogP contribution is -2.28. The van der Waals surface area contributed by atoms with E-state index in [0.29, 0.717) is 18.5 Å². The molecular formula is C13H20FNO. The normalized spacial score (nSPS) is 14.9. The van der Waals surface area contributed by atoms with E-state index in [9.17, 15) is 9.50 Å². The fourth-order valence-corrected chi connectivity index (χ4v) is 2.09. The molecule has 0 saturated carbocycles. The van der Waals surface area contributed by atoms with E-state index in [1.807, 2.05) is 27.0 Å². The molecule has 16 heavy (non-hydrogen) atoms. The topological polar surface area (TPSA) is 32.3 Å². The number of aliphatic hydroxyl groups is 1. The molecule has 2 N–H and O–H groups in total. The van der Waals surface area contributed by atoms with Crippen LogP contribution >= 0.6 is 0 Å². The number of benzene rings is 1. The monoisotopic (exact) mass is 225 g/mol. The summed E-state index contributed by atoms with van der Waals surface area (Å²) in [5.41, 5.74) is 0.973. The van der Waals surface area contributed by atoms with Gasteiger partial charge in [-0.15, -0.1) is 0 Å². The highest BCUT2D eigenvalue weighted by Crippen LogP contribution is 2.30. The van der Waals surface area contributed by atoms with Crippen molar-refractivity contribution >= 4 is 0 Å². The van der Waals surface area contributed by atoms with E-state index in [2.05, 4.69) is 5.32 Å². The molecule has 0 spiro atoms. The second-order valence-corrected chi connectivity index (χ2v) is 4.57. The summed E-state index contributed by atoms with van der Waals surface area (Å²) in [5.74, 6) is -0.321. The predicted molar refractivity (Wildman–Crippen MR) is 64.0 cm³/mol. The van der Waals surface area contributed by atoms with E-state index in [1.54, 1.807) is 6.92 Å². The van der Waals surface area contributed by atoms with Crippen LogP contribution in [0.4, 0.5) is 4.39 Å². The zero-order valence-corrected chi connectivity index (χ0v) is 10.4. The maximum atomic E-state index is 13.9. The first-order valence-corrected chi connectivity index (χ1v) is 5.52. The van der Waals surface area contributed by atoms with Gasteiger partial charge in [-0.1, -0.05) is 6.07 Å². The summed E-state index contributed by atoms with van der Waals surface area (Å²) in [5, 5.41) is 13.3. The molecule has 3 heteroatoms. The van der Waals surface area contributed by atoms with Crippen molar-refractivity contribution in [3.8, 4) is 0 Å². The van der Waals surface area contributed by atoms with Gasteiger partial charge in [0.25, 0.3) is 0 Å². The number of hydrogen-bond donors (Lipinski definition) is 2. The maximum absolute atomic E-state index is 13.9. The van der Waals surface area contributed by atoms with Gasteiger partial charge in [-0.25, -0.2) is 4.39 Å². The Morgan fingerprint density at radius 2 is 2.00 bits per heavy atom. The Kier molecular flexibility index (Phi) is 4.05. The fraction of sp³-hybridized carbons (Fsp3) is 0.538. The van der Waals surface area contributed by atoms with Crippen molar-refractivity contribution in [2.24, 2.45) is 0 Å². The standard InChI is InChI=1S/C13H20FNO/c1-9-7-10(2)12(11(14)8-9)13(3,16)5-6-15-4/h7-8,15-16H,5-6H2,1-4H3. The molecular weight excluding hydrogens is 205 g/mol. The molecule has 0 aliphatic heterocycles. The lowest BCUT2D eigenvalue weighted by atomic mass is 9.88. The van der Waals surface area contributed by atoms with E-state index in [-0.39, 0.29) is 5.82 Å². The molecule has 0 radical (unpaired) electrons. The second-order valence-electron chi connectivity index (χ2n) is 4.57. The highest BCUT2D eigenvalue weighted by molar-refractivity contribution is 5.35. The van der Waals surface area contributed by atoms with Crippen LogP contribution in [0.1, 0.15) is 30.0 Å². The number of nitrogens with one attached hydrogen (secondary N) is 1. The molecule has 90 valence electrons. The lowest BCUT2D eigenvalue weighted by Gasteiger charge is -2.26. The van der Waals surface area contributed by atoms with E-state index < -0.39 is 5.60 Å². The molecule has 0 heterocycles. The summed E-state index contributed by atoms with van der Waals surface area (Å²) in [6, 6.07) is 3.36. The molecule has 1 unspecified atom stereocenters. The van der Waals surface area contributed by atoms with E-state index in [0.717, 1.165) is 11.1 Å². The number of hydrogen-bond acceptors (Lipinski definition) is 2. The smallest absolute Gasteiger partial charge is 0.129 e. The van der Waals surface area contributed by atoms with Crippen molar-refractivity contribution in [3.63, 3.8) is 0 Å². The van der Waals surface area contributed by atoms with Crippen molar-refractivity contribution in [1.82, 2.24) is 5.32 Å². The molecule has 0 fully saturated rings. The number of rotatable bonds is 4. The molecule has 0 saturated heterocycles. The van der Waals surface area contributed by atoms with E-state index in [4.69, 9.17) is 0 Å². The van der Waals surface area contributed by atoms with Crippen molar-refractivity contribution in [3.05, 3.63) is 34.6 Å². The van der Waals surface area contributed by atoms with Gasteiger partial charge in [0, 0.05) is 5.56 Å². The molecule has 1 aromatic rings. The van der Waals surface area contributed by atoms with E-state index in [1.165, 1.54) is 6.07 Å². The Hall–Kier alpha value is -0.930. The third-order valence-electron chi connectivity index (χ3n) is 2.83. The third kappa shape index (κ3) is 2.80. The van der Waals surface area contributed by atoms with Crippen molar-refractivity contribution in [1.29, 1.82) is 0 Å². The first-order chi connectivity index (χ1) is 7.38. The molecule has 0 aliphatic carbocycles. The quantitative estimate of drug-likeness (QED) is 0.823. The number of aryl methyl sites for hydroxylation is 2. The first-order valence-electron chi connectivity index (χ1n) is 5.52. The molecule has 2 nitrogen and oxygen atoms in total. The molecule has 1 atom stereocenters. The van der Waals surface area contributed by atoms with Crippen LogP contribution in [0.2, 0.25) is 0 Å². The van der Waals surface area contributed by atoms with Crippen LogP contribution in [0, 0.1) is 19.7 Å². The second kappa shape index (κ2) is 4.93. The summed E-state index contributed by atoms with van der Waals surface area (Å²) < 4.78 is 13.9. The summed E-state index contributed by atoms with van der Waals surface area (Å²) in [6.07, 6.45) is 0.490. The van der Waals surface area contributed by atoms with Crippen LogP contribution in [0.5, 0.6) is 0 Å². The van der Waals surface area contributed by atoms with Gasteiger partial charge in [0.05, 0.1) is 5.60 Å². The average Bonchev–Trinajstić information content (AvgIpc) is 2.12. The minimum absolute atomic E-state index is 0.321. The van der Waals surface area contributed by atoms with Crippen LogP contribution < -0.4 is 5.32 Å². The van der Waals surface area contributed by atoms with Crippen molar-refractivity contribution in [2.75, 3.05) is 13.6 Å². The first kappa shape index (κ1) is 13.1. The van der Waals surface area contributed by atoms with Gasteiger partial charge >= 0.3 is 0 Å². The number of halogens is 1. The van der Waals surface area contributed by atoms with Gasteiger partial charge < -0.3 is 10.4 Å². The molecule has 1 aromatic carbocycles. The molecule has 0 bridgehead atoms. The summed E-state index contributed by atoms with van der Waals surface area (Å²) in [7, 11) is 1.81. The van der Waals surface area contributed by atoms with Gasteiger partial charge in [0.15, 0.2) is 0 Å². The predicted octanol–water partition coefficient (Wildman–Crippen LogP) is 2.26. The minimum atomic E-state index is -1.12. The average molecular weight is 225 g/mol. The maximum Gasteiger partial charge on any atom is 0.129 e. The highest BCUT2D eigenvalue weighted by atomic mass is 19.1. The zero-order valence-electron chi connectivity index (χ0n) is 10.4. The Balaban J connectivity index is 3.11. The highest BCUT2D eigenvalue weighted by Gasteiger charge is 2.27. The van der Waals surface area contributed by atoms with Crippen LogP contribution in [0.3, 0.4) is 0 Å². The Morgan fingerprint density at radius 1 is 1.38 bits per heavy atom. The third-order valence-corrected chi connectivity index (χ3v) is 2.83. The van der Waals surface area contributed by atoms with Gasteiger partial charge in [-0.2, -0.15) is 0 Å². The Bertz CT molecular complexity index is 351. The summed E-state index contributed by atoms with van der Waals surface area (Å²) >= 11 is 0. The van der Waals surface area contributed by atoms with Crippen molar-refractivity contribution < 1.29 is 9.50 Å². The lowest BCUT2D eigenvalue weighted by molar-refractivity contribution is 0.0442.